The number of hydrogen-bond acceptors (Lipinski definition) is 5. The first-order valence-corrected chi connectivity index (χ1v) is 9.37. The van der Waals surface area contributed by atoms with Crippen LogP contribution in [-0.4, -0.2) is 58.8 Å². The average Bonchev–Trinajstić information content (AvgIpc) is 3.21. The van der Waals surface area contributed by atoms with Gasteiger partial charge in [0.05, 0.1) is 19.6 Å². The predicted molar refractivity (Wildman–Crippen MR) is 98.3 cm³/mol. The molecule has 0 aliphatic carbocycles. The zero-order chi connectivity index (χ0) is 17.9. The van der Waals surface area contributed by atoms with Crippen molar-refractivity contribution in [3.8, 4) is 0 Å². The molecule has 0 saturated carbocycles. The van der Waals surface area contributed by atoms with Crippen molar-refractivity contribution in [2.45, 2.75) is 32.5 Å². The molecule has 6 nitrogen and oxygen atoms in total. The maximum Gasteiger partial charge on any atom is 0.223 e. The summed E-state index contributed by atoms with van der Waals surface area (Å²) in [7, 11) is 2.15. The van der Waals surface area contributed by atoms with Gasteiger partial charge in [-0.2, -0.15) is 0 Å². The Morgan fingerprint density at radius 3 is 2.62 bits per heavy atom. The van der Waals surface area contributed by atoms with E-state index in [1.807, 2.05) is 23.1 Å². The molecule has 1 aromatic carbocycles. The molecule has 2 aromatic rings. The van der Waals surface area contributed by atoms with E-state index in [4.69, 9.17) is 4.42 Å². The molecule has 3 heterocycles. The standard InChI is InChI=1S/C20H26N4O2/c1-22-9-11-23(12-10-22)15-19-21-17-13-24(14-18(17)26-19)20(25)8-7-16-5-3-2-4-6-16/h2-6H,7-15H2,1H3. The summed E-state index contributed by atoms with van der Waals surface area (Å²) in [5.41, 5.74) is 2.13. The normalized spacial score (nSPS) is 18.3. The lowest BCUT2D eigenvalue weighted by Gasteiger charge is -2.31. The molecule has 26 heavy (non-hydrogen) atoms. The third kappa shape index (κ3) is 3.97. The van der Waals surface area contributed by atoms with E-state index < -0.39 is 0 Å². The van der Waals surface area contributed by atoms with Crippen LogP contribution in [0.1, 0.15) is 29.3 Å². The number of nitrogens with zero attached hydrogens (tertiary/aromatic N) is 4. The molecule has 0 N–H and O–H groups in total. The molecule has 6 heteroatoms. The van der Waals surface area contributed by atoms with Crippen molar-refractivity contribution in [2.24, 2.45) is 0 Å². The molecule has 0 atom stereocenters. The van der Waals surface area contributed by atoms with Gasteiger partial charge in [-0.1, -0.05) is 30.3 Å². The van der Waals surface area contributed by atoms with Crippen LogP contribution in [0.2, 0.25) is 0 Å². The summed E-state index contributed by atoms with van der Waals surface area (Å²) >= 11 is 0. The van der Waals surface area contributed by atoms with Crippen molar-refractivity contribution < 1.29 is 9.21 Å². The number of piperazine rings is 1. The summed E-state index contributed by atoms with van der Waals surface area (Å²) in [6.45, 7) is 6.17. The number of likely N-dealkylation sites (N-methyl/N-ethyl adjacent to an activating group) is 1. The van der Waals surface area contributed by atoms with Gasteiger partial charge in [-0.25, -0.2) is 4.98 Å². The van der Waals surface area contributed by atoms with Crippen LogP contribution in [0.15, 0.2) is 34.7 Å². The van der Waals surface area contributed by atoms with Crippen LogP contribution >= 0.6 is 0 Å². The quantitative estimate of drug-likeness (QED) is 0.821. The molecule has 0 spiro atoms. The number of benzene rings is 1. The Bertz CT molecular complexity index is 727. The molecule has 138 valence electrons. The van der Waals surface area contributed by atoms with Gasteiger partial charge in [0.25, 0.3) is 0 Å². The first-order chi connectivity index (χ1) is 12.7. The van der Waals surface area contributed by atoms with E-state index >= 15 is 0 Å². The largest absolute Gasteiger partial charge is 0.442 e. The number of carbonyl (C=O) groups excluding carboxylic acids is 1. The fourth-order valence-electron chi connectivity index (χ4n) is 3.59. The molecule has 1 saturated heterocycles. The lowest BCUT2D eigenvalue weighted by molar-refractivity contribution is -0.132. The average molecular weight is 354 g/mol. The second-order valence-electron chi connectivity index (χ2n) is 7.29. The van der Waals surface area contributed by atoms with Crippen LogP contribution in [0.25, 0.3) is 0 Å². The monoisotopic (exact) mass is 354 g/mol. The zero-order valence-corrected chi connectivity index (χ0v) is 15.4. The van der Waals surface area contributed by atoms with Gasteiger partial charge >= 0.3 is 0 Å². The van der Waals surface area contributed by atoms with E-state index in [1.54, 1.807) is 0 Å². The lowest BCUT2D eigenvalue weighted by atomic mass is 10.1. The molecule has 0 unspecified atom stereocenters. The van der Waals surface area contributed by atoms with Crippen LogP contribution in [-0.2, 0) is 30.8 Å². The highest BCUT2D eigenvalue weighted by Crippen LogP contribution is 2.25. The Balaban J connectivity index is 1.28. The predicted octanol–water partition coefficient (Wildman–Crippen LogP) is 1.90. The second-order valence-corrected chi connectivity index (χ2v) is 7.29. The Hall–Kier alpha value is -2.18. The molecular formula is C20H26N4O2. The maximum absolute atomic E-state index is 12.5. The highest BCUT2D eigenvalue weighted by molar-refractivity contribution is 5.77. The molecule has 1 aromatic heterocycles. The molecule has 2 aliphatic heterocycles. The summed E-state index contributed by atoms with van der Waals surface area (Å²) in [5.74, 6) is 1.82. The Morgan fingerprint density at radius 2 is 1.88 bits per heavy atom. The molecule has 0 radical (unpaired) electrons. The topological polar surface area (TPSA) is 52.8 Å². The lowest BCUT2D eigenvalue weighted by Crippen LogP contribution is -2.43. The number of rotatable bonds is 5. The van der Waals surface area contributed by atoms with E-state index in [9.17, 15) is 4.79 Å². The van der Waals surface area contributed by atoms with Crippen LogP contribution in [0.3, 0.4) is 0 Å². The molecule has 1 amide bonds. The fraction of sp³-hybridized carbons (Fsp3) is 0.500. The zero-order valence-electron chi connectivity index (χ0n) is 15.4. The van der Waals surface area contributed by atoms with E-state index in [0.717, 1.165) is 56.5 Å². The summed E-state index contributed by atoms with van der Waals surface area (Å²) in [4.78, 5) is 23.7. The minimum Gasteiger partial charge on any atom is -0.442 e. The van der Waals surface area contributed by atoms with Gasteiger partial charge < -0.3 is 14.2 Å². The smallest absolute Gasteiger partial charge is 0.223 e. The van der Waals surface area contributed by atoms with Crippen LogP contribution in [0.4, 0.5) is 0 Å². The van der Waals surface area contributed by atoms with E-state index in [2.05, 4.69) is 34.0 Å². The van der Waals surface area contributed by atoms with Crippen molar-refractivity contribution in [1.82, 2.24) is 19.7 Å². The minimum absolute atomic E-state index is 0.169. The van der Waals surface area contributed by atoms with Gasteiger partial charge in [0.1, 0.15) is 11.5 Å². The molecule has 2 aliphatic rings. The van der Waals surface area contributed by atoms with E-state index in [-0.39, 0.29) is 5.91 Å². The third-order valence-corrected chi connectivity index (χ3v) is 5.28. The molecule has 4 rings (SSSR count). The SMILES string of the molecule is CN1CCN(Cc2nc3c(o2)CN(C(=O)CCc2ccccc2)C3)CC1. The minimum atomic E-state index is 0.169. The number of oxazole rings is 1. The summed E-state index contributed by atoms with van der Waals surface area (Å²) < 4.78 is 5.94. The van der Waals surface area contributed by atoms with Crippen LogP contribution in [0.5, 0.6) is 0 Å². The van der Waals surface area contributed by atoms with E-state index in [0.29, 0.717) is 19.5 Å². The van der Waals surface area contributed by atoms with Crippen molar-refractivity contribution >= 4 is 5.91 Å². The number of carbonyl (C=O) groups is 1. The summed E-state index contributed by atoms with van der Waals surface area (Å²) in [5, 5.41) is 0. The van der Waals surface area contributed by atoms with Gasteiger partial charge in [-0.3, -0.25) is 9.69 Å². The highest BCUT2D eigenvalue weighted by Gasteiger charge is 2.29. The second kappa shape index (κ2) is 7.60. The van der Waals surface area contributed by atoms with Crippen molar-refractivity contribution in [1.29, 1.82) is 0 Å². The summed E-state index contributed by atoms with van der Waals surface area (Å²) in [6.07, 6.45) is 1.31. The van der Waals surface area contributed by atoms with Crippen molar-refractivity contribution in [3.05, 3.63) is 53.2 Å². The van der Waals surface area contributed by atoms with Gasteiger partial charge in [0, 0.05) is 32.6 Å². The molecule has 0 bridgehead atoms. The Labute approximate surface area is 154 Å². The van der Waals surface area contributed by atoms with E-state index in [1.165, 1.54) is 5.56 Å². The first-order valence-electron chi connectivity index (χ1n) is 9.37. The number of aryl methyl sites for hydroxylation is 1. The molecular weight excluding hydrogens is 328 g/mol. The highest BCUT2D eigenvalue weighted by atomic mass is 16.4. The number of aromatic nitrogens is 1. The van der Waals surface area contributed by atoms with Crippen LogP contribution < -0.4 is 0 Å². The van der Waals surface area contributed by atoms with Crippen LogP contribution in [0, 0.1) is 0 Å². The van der Waals surface area contributed by atoms with Crippen molar-refractivity contribution in [3.63, 3.8) is 0 Å². The van der Waals surface area contributed by atoms with Gasteiger partial charge in [0.2, 0.25) is 11.8 Å². The summed E-state index contributed by atoms with van der Waals surface area (Å²) in [6, 6.07) is 10.1. The Kier molecular flexibility index (Phi) is 5.04. The number of fused-ring (bicyclic) bond motifs is 1. The third-order valence-electron chi connectivity index (χ3n) is 5.28. The molecule has 1 fully saturated rings. The van der Waals surface area contributed by atoms with Gasteiger partial charge in [0.15, 0.2) is 0 Å². The van der Waals surface area contributed by atoms with Gasteiger partial charge in [-0.15, -0.1) is 0 Å². The maximum atomic E-state index is 12.5. The first kappa shape index (κ1) is 17.2. The fourth-order valence-corrected chi connectivity index (χ4v) is 3.59. The Morgan fingerprint density at radius 1 is 1.12 bits per heavy atom. The number of amides is 1. The number of hydrogen-bond donors (Lipinski definition) is 0. The van der Waals surface area contributed by atoms with Crippen molar-refractivity contribution in [2.75, 3.05) is 33.2 Å². The van der Waals surface area contributed by atoms with Gasteiger partial charge in [-0.05, 0) is 19.0 Å².